The topological polar surface area (TPSA) is 71.1 Å². The lowest BCUT2D eigenvalue weighted by Gasteiger charge is -2.07. The van der Waals surface area contributed by atoms with Gasteiger partial charge in [0.05, 0.1) is 6.61 Å². The van der Waals surface area contributed by atoms with E-state index in [1.54, 1.807) is 0 Å². The maximum absolute atomic E-state index is 10.9. The lowest BCUT2D eigenvalue weighted by Crippen LogP contribution is -2.25. The van der Waals surface area contributed by atoms with E-state index in [4.69, 9.17) is 0 Å². The Hall–Kier alpha value is -0.820. The van der Waals surface area contributed by atoms with Crippen LogP contribution in [0, 0.1) is 0 Å². The Morgan fingerprint density at radius 3 is 2.92 bits per heavy atom. The van der Waals surface area contributed by atoms with Crippen molar-refractivity contribution in [3.63, 3.8) is 0 Å². The van der Waals surface area contributed by atoms with Crippen molar-refractivity contribution in [2.24, 2.45) is 0 Å². The zero-order valence-corrected chi connectivity index (χ0v) is 6.93. The molecule has 1 aliphatic rings. The molecule has 0 N–H and O–H groups in total. The van der Waals surface area contributed by atoms with Gasteiger partial charge < -0.3 is 0 Å². The minimum atomic E-state index is -0.890. The second-order valence-corrected chi connectivity index (χ2v) is 2.56. The summed E-state index contributed by atoms with van der Waals surface area (Å²) in [4.78, 5) is 30.0. The molecule has 13 heavy (non-hydrogen) atoms. The number of carbonyl (C=O) groups is 2. The van der Waals surface area contributed by atoms with E-state index in [-0.39, 0.29) is 6.29 Å². The van der Waals surface area contributed by atoms with E-state index in [2.05, 4.69) is 19.9 Å². The molecule has 1 atom stereocenters. The maximum atomic E-state index is 10.9. The van der Waals surface area contributed by atoms with Crippen LogP contribution in [0.25, 0.3) is 0 Å². The summed E-state index contributed by atoms with van der Waals surface area (Å²) < 4.78 is 0. The van der Waals surface area contributed by atoms with Gasteiger partial charge in [0, 0.05) is 0 Å². The molecule has 0 bridgehead atoms. The predicted molar refractivity (Wildman–Crippen MR) is 37.9 cm³/mol. The molecule has 6 nitrogen and oxygen atoms in total. The molecule has 0 spiro atoms. The first-order chi connectivity index (χ1) is 6.34. The van der Waals surface area contributed by atoms with Crippen LogP contribution < -0.4 is 0 Å². The summed E-state index contributed by atoms with van der Waals surface area (Å²) in [6, 6.07) is 0. The van der Waals surface area contributed by atoms with Crippen molar-refractivity contribution in [3.8, 4) is 0 Å². The third-order valence-corrected chi connectivity index (χ3v) is 1.61. The summed E-state index contributed by atoms with van der Waals surface area (Å²) in [6.07, 6.45) is 1.16. The fraction of sp³-hybridized carbons (Fsp3) is 0.714. The molecular formula is C7H10O6. The summed E-state index contributed by atoms with van der Waals surface area (Å²) in [5, 5.41) is 8.18. The maximum Gasteiger partial charge on any atom is 0.227 e. The van der Waals surface area contributed by atoms with Crippen LogP contribution in [0.15, 0.2) is 0 Å². The predicted octanol–water partition coefficient (Wildman–Crippen LogP) is 0.118. The Morgan fingerprint density at radius 2 is 2.15 bits per heavy atom. The van der Waals surface area contributed by atoms with Crippen LogP contribution in [-0.2, 0) is 29.4 Å². The molecule has 6 heteroatoms. The normalized spacial score (nSPS) is 25.4. The molecule has 0 aromatic carbocycles. The highest BCUT2D eigenvalue weighted by Gasteiger charge is 2.20. The Morgan fingerprint density at radius 1 is 1.31 bits per heavy atom. The SMILES string of the molecule is O=CC(=O)C1CCCCOOOO1. The van der Waals surface area contributed by atoms with Gasteiger partial charge in [-0.3, -0.25) is 9.59 Å². The molecule has 0 aromatic heterocycles. The van der Waals surface area contributed by atoms with Crippen LogP contribution in [0.5, 0.6) is 0 Å². The van der Waals surface area contributed by atoms with E-state index in [1.165, 1.54) is 0 Å². The molecule has 0 amide bonds. The van der Waals surface area contributed by atoms with Crippen molar-refractivity contribution in [2.75, 3.05) is 6.61 Å². The van der Waals surface area contributed by atoms with Crippen molar-refractivity contribution in [2.45, 2.75) is 25.4 Å². The number of Topliss-reactive ketones (excluding diaryl/α,β-unsaturated/α-hetero) is 1. The lowest BCUT2D eigenvalue weighted by atomic mass is 10.1. The Kier molecular flexibility index (Phi) is 4.55. The van der Waals surface area contributed by atoms with E-state index >= 15 is 0 Å². The second kappa shape index (κ2) is 5.76. The summed E-state index contributed by atoms with van der Waals surface area (Å²) in [7, 11) is 0. The van der Waals surface area contributed by atoms with Gasteiger partial charge >= 0.3 is 0 Å². The molecule has 1 aliphatic heterocycles. The zero-order valence-electron chi connectivity index (χ0n) is 6.93. The van der Waals surface area contributed by atoms with Crippen LogP contribution in [0.2, 0.25) is 0 Å². The number of hydrogen-bond acceptors (Lipinski definition) is 6. The highest BCUT2D eigenvalue weighted by atomic mass is 17.7. The third-order valence-electron chi connectivity index (χ3n) is 1.61. The fourth-order valence-electron chi connectivity index (χ4n) is 0.922. The second-order valence-electron chi connectivity index (χ2n) is 2.56. The largest absolute Gasteiger partial charge is 0.294 e. The Labute approximate surface area is 74.5 Å². The van der Waals surface area contributed by atoms with Crippen molar-refractivity contribution < 1.29 is 29.4 Å². The molecule has 1 unspecified atom stereocenters. The molecule has 0 aliphatic carbocycles. The van der Waals surface area contributed by atoms with Crippen molar-refractivity contribution in [3.05, 3.63) is 0 Å². The summed E-state index contributed by atoms with van der Waals surface area (Å²) >= 11 is 0. The number of ketones is 1. The molecule has 1 heterocycles. The molecule has 0 saturated carbocycles. The van der Waals surface area contributed by atoms with Gasteiger partial charge in [0.2, 0.25) is 5.78 Å². The molecular weight excluding hydrogens is 180 g/mol. The van der Waals surface area contributed by atoms with E-state index in [9.17, 15) is 9.59 Å². The number of hydrogen-bond donors (Lipinski definition) is 0. The first-order valence-corrected chi connectivity index (χ1v) is 3.95. The van der Waals surface area contributed by atoms with Crippen LogP contribution in [0.3, 0.4) is 0 Å². The van der Waals surface area contributed by atoms with Gasteiger partial charge in [-0.25, -0.2) is 4.89 Å². The van der Waals surface area contributed by atoms with Gasteiger partial charge in [-0.1, -0.05) is 0 Å². The highest BCUT2D eigenvalue weighted by molar-refractivity contribution is 6.27. The first-order valence-electron chi connectivity index (χ1n) is 3.95. The van der Waals surface area contributed by atoms with E-state index in [0.717, 1.165) is 6.42 Å². The smallest absolute Gasteiger partial charge is 0.227 e. The molecule has 1 rings (SSSR count). The molecule has 0 aromatic rings. The average Bonchev–Trinajstić information content (AvgIpc) is 2.29. The number of carbonyl (C=O) groups excluding carboxylic acids is 2. The van der Waals surface area contributed by atoms with Crippen LogP contribution in [-0.4, -0.2) is 24.8 Å². The van der Waals surface area contributed by atoms with Crippen LogP contribution in [0.4, 0.5) is 0 Å². The van der Waals surface area contributed by atoms with E-state index < -0.39 is 11.9 Å². The van der Waals surface area contributed by atoms with Gasteiger partial charge in [0.25, 0.3) is 0 Å². The Balaban J connectivity index is 2.40. The summed E-state index contributed by atoms with van der Waals surface area (Å²) in [5.41, 5.74) is 0. The quantitative estimate of drug-likeness (QED) is 0.350. The van der Waals surface area contributed by atoms with Gasteiger partial charge in [0.15, 0.2) is 12.4 Å². The zero-order chi connectivity index (χ0) is 9.52. The monoisotopic (exact) mass is 190 g/mol. The Bertz CT molecular complexity index is 170. The molecule has 1 saturated heterocycles. The van der Waals surface area contributed by atoms with E-state index in [1.807, 2.05) is 0 Å². The summed E-state index contributed by atoms with van der Waals surface area (Å²) in [6.45, 7) is 0.366. The molecule has 74 valence electrons. The van der Waals surface area contributed by atoms with Gasteiger partial charge in [-0.15, -0.1) is 0 Å². The van der Waals surface area contributed by atoms with E-state index in [0.29, 0.717) is 19.4 Å². The first kappa shape index (κ1) is 10.3. The number of rotatable bonds is 2. The van der Waals surface area contributed by atoms with Gasteiger partial charge in [0.1, 0.15) is 0 Å². The van der Waals surface area contributed by atoms with Crippen molar-refractivity contribution in [1.82, 2.24) is 0 Å². The fourth-order valence-corrected chi connectivity index (χ4v) is 0.922. The highest BCUT2D eigenvalue weighted by Crippen LogP contribution is 2.09. The van der Waals surface area contributed by atoms with Gasteiger partial charge in [-0.2, -0.15) is 4.89 Å². The third kappa shape index (κ3) is 3.60. The van der Waals surface area contributed by atoms with Crippen LogP contribution >= 0.6 is 0 Å². The average molecular weight is 190 g/mol. The van der Waals surface area contributed by atoms with Crippen LogP contribution in [0.1, 0.15) is 19.3 Å². The standard InChI is InChI=1S/C7H10O6/c8-5-6(9)7-3-1-2-4-10-12-13-11-7/h5,7H,1-4H2. The molecule has 1 fully saturated rings. The van der Waals surface area contributed by atoms with Crippen molar-refractivity contribution >= 4 is 12.1 Å². The lowest BCUT2D eigenvalue weighted by molar-refractivity contribution is -0.637. The van der Waals surface area contributed by atoms with Gasteiger partial charge in [-0.05, 0) is 29.3 Å². The summed E-state index contributed by atoms with van der Waals surface area (Å²) in [5.74, 6) is -0.662. The minimum absolute atomic E-state index is 0.201. The van der Waals surface area contributed by atoms with Crippen molar-refractivity contribution in [1.29, 1.82) is 0 Å². The molecule has 0 radical (unpaired) electrons. The minimum Gasteiger partial charge on any atom is -0.294 e. The number of aldehydes is 1.